The Bertz CT molecular complexity index is 1780. The van der Waals surface area contributed by atoms with Gasteiger partial charge in [0, 0.05) is 25.9 Å². The van der Waals surface area contributed by atoms with Crippen LogP contribution in [0.15, 0.2) is 35.1 Å². The van der Waals surface area contributed by atoms with Crippen LogP contribution in [0.3, 0.4) is 0 Å². The fraction of sp³-hybridized carbons (Fsp3) is 0.520. The van der Waals surface area contributed by atoms with Crippen molar-refractivity contribution >= 4 is 42.3 Å². The minimum atomic E-state index is -4.61. The van der Waals surface area contributed by atoms with Gasteiger partial charge in [-0.3, -0.25) is 8.98 Å². The van der Waals surface area contributed by atoms with Gasteiger partial charge in [0.15, 0.2) is 11.5 Å². The quantitative estimate of drug-likeness (QED) is 0.155. The average Bonchev–Trinajstić information content (AvgIpc) is 2.94. The summed E-state index contributed by atoms with van der Waals surface area (Å²) in [5.41, 5.74) is -3.64. The molecule has 20 heteroatoms. The summed E-state index contributed by atoms with van der Waals surface area (Å²) in [6.45, 7) is -0.0813. The summed E-state index contributed by atoms with van der Waals surface area (Å²) in [7, 11) is -13.0. The number of amides is 1. The lowest BCUT2D eigenvalue weighted by Gasteiger charge is -2.41. The molecule has 1 aliphatic heterocycles. The number of benzene rings is 1. The van der Waals surface area contributed by atoms with E-state index in [-0.39, 0.29) is 43.1 Å². The molecular weight excluding hydrogens is 662 g/mol. The van der Waals surface area contributed by atoms with Crippen molar-refractivity contribution in [1.29, 1.82) is 0 Å². The summed E-state index contributed by atoms with van der Waals surface area (Å²) in [6.07, 6.45) is 0.831. The average molecular weight is 696 g/mol. The van der Waals surface area contributed by atoms with Gasteiger partial charge in [-0.25, -0.2) is 23.0 Å². The third kappa shape index (κ3) is 9.70. The largest absolute Gasteiger partial charge is 0.461 e. The molecule has 0 radical (unpaired) electrons. The van der Waals surface area contributed by atoms with Crippen LogP contribution >= 0.6 is 0 Å². The molecule has 0 spiro atoms. The van der Waals surface area contributed by atoms with E-state index in [2.05, 4.69) is 4.98 Å². The Kier molecular flexibility index (Phi) is 11.3. The first-order chi connectivity index (χ1) is 20.9. The highest BCUT2D eigenvalue weighted by atomic mass is 32.2. The van der Waals surface area contributed by atoms with Crippen molar-refractivity contribution in [3.63, 3.8) is 0 Å². The lowest BCUT2D eigenvalue weighted by atomic mass is 9.90. The minimum Gasteiger partial charge on any atom is -0.461 e. The second-order valence-electron chi connectivity index (χ2n) is 9.85. The van der Waals surface area contributed by atoms with Crippen molar-refractivity contribution < 1.29 is 57.4 Å². The highest BCUT2D eigenvalue weighted by molar-refractivity contribution is 7.89. The molecule has 2 heterocycles. The van der Waals surface area contributed by atoms with E-state index in [1.165, 1.54) is 11.8 Å². The summed E-state index contributed by atoms with van der Waals surface area (Å²) in [5, 5.41) is 0. The number of hydrogen-bond donors (Lipinski definition) is 0. The van der Waals surface area contributed by atoms with Gasteiger partial charge in [-0.2, -0.15) is 20.8 Å². The predicted molar refractivity (Wildman–Crippen MR) is 156 cm³/mol. The van der Waals surface area contributed by atoms with E-state index in [1.807, 2.05) is 0 Å². The number of aromatic nitrogens is 2. The van der Waals surface area contributed by atoms with E-state index in [0.29, 0.717) is 12.5 Å². The maximum absolute atomic E-state index is 13.6. The summed E-state index contributed by atoms with van der Waals surface area (Å²) in [4.78, 5) is 44.6. The molecule has 0 aliphatic carbocycles. The highest BCUT2D eigenvalue weighted by Gasteiger charge is 2.46. The van der Waals surface area contributed by atoms with E-state index in [0.717, 1.165) is 11.8 Å². The smallest absolute Gasteiger partial charge is 0.410 e. The van der Waals surface area contributed by atoms with Crippen LogP contribution in [0.2, 0.25) is 0 Å². The number of nitrogens with zero attached hydrogens (tertiary/aromatic N) is 3. The van der Waals surface area contributed by atoms with E-state index < -0.39 is 84.0 Å². The lowest BCUT2D eigenvalue weighted by molar-refractivity contribution is -0.100. The van der Waals surface area contributed by atoms with Crippen LogP contribution in [0.5, 0.6) is 5.75 Å². The second kappa shape index (κ2) is 14.2. The molecule has 0 atom stereocenters. The topological polar surface area (TPSA) is 221 Å². The molecule has 45 heavy (non-hydrogen) atoms. The third-order valence-electron chi connectivity index (χ3n) is 6.24. The first-order valence-electron chi connectivity index (χ1n) is 13.3. The van der Waals surface area contributed by atoms with Crippen LogP contribution in [-0.2, 0) is 60.9 Å². The van der Waals surface area contributed by atoms with Crippen LogP contribution in [0.25, 0.3) is 0 Å². The van der Waals surface area contributed by atoms with Crippen LogP contribution in [0.1, 0.15) is 41.6 Å². The molecule has 0 N–H and O–H groups in total. The summed E-state index contributed by atoms with van der Waals surface area (Å²) in [6, 6.07) is 8.86. The Balaban J connectivity index is 2.11. The Morgan fingerprint density at radius 3 is 2.07 bits per heavy atom. The molecule has 0 bridgehead atoms. The van der Waals surface area contributed by atoms with Crippen LogP contribution in [-0.4, -0.2) is 103 Å². The monoisotopic (exact) mass is 695 g/mol. The fourth-order valence-corrected chi connectivity index (χ4v) is 6.10. The lowest BCUT2D eigenvalue weighted by Crippen LogP contribution is -2.50. The SMILES string of the molecule is CCOC(=O)c1nc(C2(OCCOS(C)(=O)=O)CCN(C(=O)OCc3ccccc3)CC2)n(S(C)(=O)=O)c(=O)c1OS(C)(=O)=O. The van der Waals surface area contributed by atoms with Gasteiger partial charge in [0.05, 0.1) is 38.6 Å². The number of hydrogen-bond acceptors (Lipinski definition) is 15. The zero-order valence-corrected chi connectivity index (χ0v) is 27.3. The summed E-state index contributed by atoms with van der Waals surface area (Å²) >= 11 is 0. The zero-order chi connectivity index (χ0) is 33.6. The van der Waals surface area contributed by atoms with Gasteiger partial charge in [-0.15, -0.1) is 0 Å². The van der Waals surface area contributed by atoms with Crippen molar-refractivity contribution in [1.82, 2.24) is 13.9 Å². The van der Waals surface area contributed by atoms with Crippen LogP contribution in [0.4, 0.5) is 4.79 Å². The van der Waals surface area contributed by atoms with Crippen molar-refractivity contribution in [2.45, 2.75) is 32.0 Å². The molecule has 250 valence electrons. The molecule has 1 aromatic heterocycles. The Hall–Kier alpha value is -3.59. The predicted octanol–water partition coefficient (Wildman–Crippen LogP) is 0.187. The molecule has 1 aromatic carbocycles. The second-order valence-corrected chi connectivity index (χ2v) is 14.9. The van der Waals surface area contributed by atoms with E-state index in [9.17, 15) is 39.6 Å². The van der Waals surface area contributed by atoms with Gasteiger partial charge in [-0.05, 0) is 12.5 Å². The Morgan fingerprint density at radius 2 is 1.53 bits per heavy atom. The molecule has 2 aromatic rings. The number of ether oxygens (including phenoxy) is 3. The number of carbonyl (C=O) groups excluding carboxylic acids is 2. The minimum absolute atomic E-state index is 0.0273. The summed E-state index contributed by atoms with van der Waals surface area (Å²) in [5.74, 6) is -3.18. The third-order valence-corrected chi connectivity index (χ3v) is 8.31. The van der Waals surface area contributed by atoms with Crippen molar-refractivity contribution in [2.24, 2.45) is 0 Å². The molecule has 3 rings (SSSR count). The number of carbonyl (C=O) groups is 2. The van der Waals surface area contributed by atoms with Crippen LogP contribution < -0.4 is 9.74 Å². The maximum atomic E-state index is 13.6. The van der Waals surface area contributed by atoms with Crippen LogP contribution in [0, 0.1) is 0 Å². The normalized spacial score (nSPS) is 15.3. The molecule has 0 unspecified atom stereocenters. The molecule has 17 nitrogen and oxygen atoms in total. The highest BCUT2D eigenvalue weighted by Crippen LogP contribution is 2.37. The van der Waals surface area contributed by atoms with E-state index in [4.69, 9.17) is 22.6 Å². The zero-order valence-electron chi connectivity index (χ0n) is 24.8. The number of esters is 1. The van der Waals surface area contributed by atoms with Gasteiger partial charge in [-0.1, -0.05) is 30.3 Å². The first kappa shape index (κ1) is 35.9. The Labute approximate surface area is 260 Å². The number of likely N-dealkylation sites (tertiary alicyclic amines) is 1. The van der Waals surface area contributed by atoms with Gasteiger partial charge < -0.3 is 23.3 Å². The first-order valence-corrected chi connectivity index (χ1v) is 18.7. The van der Waals surface area contributed by atoms with Gasteiger partial charge in [0.2, 0.25) is 15.8 Å². The molecule has 1 amide bonds. The number of piperidine rings is 1. The van der Waals surface area contributed by atoms with Gasteiger partial charge >= 0.3 is 27.7 Å². The van der Waals surface area contributed by atoms with Gasteiger partial charge in [0.1, 0.15) is 12.2 Å². The van der Waals surface area contributed by atoms with Crippen molar-refractivity contribution in [2.75, 3.05) is 51.7 Å². The molecule has 1 fully saturated rings. The van der Waals surface area contributed by atoms with E-state index >= 15 is 0 Å². The molecular formula is C25H33N3O14S3. The van der Waals surface area contributed by atoms with Gasteiger partial charge in [0.25, 0.3) is 10.1 Å². The standard InChI is InChI=1S/C25H33N3O14S3/c1-5-38-22(30)19-20(42-45(4,36)37)21(29)28(43(2,32)33)23(26-19)25(40-15-16-41-44(3,34)35)11-13-27(14-12-25)24(31)39-17-18-9-7-6-8-10-18/h6-10H,5,11-17H2,1-4H3. The number of rotatable bonds is 13. The molecule has 1 saturated heterocycles. The van der Waals surface area contributed by atoms with Crippen molar-refractivity contribution in [3.05, 3.63) is 57.8 Å². The maximum Gasteiger partial charge on any atom is 0.410 e. The fourth-order valence-electron chi connectivity index (χ4n) is 4.37. The Morgan fingerprint density at radius 1 is 0.911 bits per heavy atom. The van der Waals surface area contributed by atoms with E-state index in [1.54, 1.807) is 30.3 Å². The molecule has 1 aliphatic rings. The molecule has 0 saturated carbocycles. The van der Waals surface area contributed by atoms with Crippen molar-refractivity contribution in [3.8, 4) is 5.75 Å². The summed E-state index contributed by atoms with van der Waals surface area (Å²) < 4.78 is 98.7.